The number of methoxy groups -OCH3 is 2. The number of rotatable bonds is 3. The quantitative estimate of drug-likeness (QED) is 0.436. The first kappa shape index (κ1) is 11.7. The summed E-state index contributed by atoms with van der Waals surface area (Å²) in [4.78, 5) is 0. The zero-order valence-electron chi connectivity index (χ0n) is 7.19. The van der Waals surface area contributed by atoms with Gasteiger partial charge in [0.05, 0.1) is 6.61 Å². The third kappa shape index (κ3) is 6.98. The Bertz CT molecular complexity index is 52.2. The van der Waals surface area contributed by atoms with Gasteiger partial charge in [-0.15, -0.1) is 0 Å². The minimum atomic E-state index is -0.301. The van der Waals surface area contributed by atoms with Crippen LogP contribution in [0.5, 0.6) is 0 Å². The molecule has 0 spiro atoms. The fraction of sp³-hybridized carbons (Fsp3) is 1.00. The maximum atomic E-state index is 5.42. The molecule has 48 valence electrons. The second kappa shape index (κ2) is 7.98. The fourth-order valence-corrected chi connectivity index (χ4v) is 0.325. The van der Waals surface area contributed by atoms with E-state index in [1.54, 1.807) is 7.11 Å². The molecule has 0 saturated heterocycles. The SMILES string of the molecule is COCC(Cl)OC.[H-].[H-].[Mg+2]. The molecule has 1 atom stereocenters. The summed E-state index contributed by atoms with van der Waals surface area (Å²) < 4.78 is 9.27. The molecule has 4 heteroatoms. The molecule has 0 rings (SSSR count). The van der Waals surface area contributed by atoms with E-state index in [4.69, 9.17) is 11.6 Å². The van der Waals surface area contributed by atoms with Crippen molar-refractivity contribution in [2.45, 2.75) is 5.56 Å². The molecule has 0 bridgehead atoms. The molecule has 0 aromatic carbocycles. The Labute approximate surface area is 73.6 Å². The van der Waals surface area contributed by atoms with Crippen LogP contribution in [0.4, 0.5) is 0 Å². The predicted molar refractivity (Wildman–Crippen MR) is 36.5 cm³/mol. The van der Waals surface area contributed by atoms with Gasteiger partial charge in [-0.3, -0.25) is 0 Å². The monoisotopic (exact) mass is 150 g/mol. The summed E-state index contributed by atoms with van der Waals surface area (Å²) in [6.45, 7) is 0.443. The van der Waals surface area contributed by atoms with Crippen LogP contribution < -0.4 is 0 Å². The number of alkyl halides is 1. The van der Waals surface area contributed by atoms with Crippen LogP contribution in [0.15, 0.2) is 0 Å². The van der Waals surface area contributed by atoms with Gasteiger partial charge in [-0.25, -0.2) is 0 Å². The Balaban J connectivity index is -0.0000000600. The van der Waals surface area contributed by atoms with Crippen LogP contribution in [-0.4, -0.2) is 49.4 Å². The zero-order valence-corrected chi connectivity index (χ0v) is 7.36. The first-order chi connectivity index (χ1) is 3.31. The molecular formula is C4H11ClMgO2. The Hall–Kier alpha value is 0.976. The summed E-state index contributed by atoms with van der Waals surface area (Å²) in [6.07, 6.45) is 0. The normalized spacial score (nSPS) is 12.4. The fourth-order valence-electron chi connectivity index (χ4n) is 0.199. The summed E-state index contributed by atoms with van der Waals surface area (Å²) in [7, 11) is 3.12. The maximum absolute atomic E-state index is 5.42. The number of hydrogen-bond donors (Lipinski definition) is 0. The Kier molecular flexibility index (Phi) is 11.7. The molecular weight excluding hydrogens is 140 g/mol. The van der Waals surface area contributed by atoms with Gasteiger partial charge in [0.15, 0.2) is 5.56 Å². The molecule has 0 aromatic rings. The number of halogens is 1. The molecule has 0 N–H and O–H groups in total. The van der Waals surface area contributed by atoms with Gasteiger partial charge in [-0.2, -0.15) is 0 Å². The Morgan fingerprint density at radius 2 is 2.12 bits per heavy atom. The van der Waals surface area contributed by atoms with Crippen LogP contribution in [0.1, 0.15) is 2.85 Å². The van der Waals surface area contributed by atoms with Gasteiger partial charge in [0, 0.05) is 14.2 Å². The van der Waals surface area contributed by atoms with Crippen molar-refractivity contribution in [3.63, 3.8) is 0 Å². The molecule has 0 saturated carbocycles. The predicted octanol–water partition coefficient (Wildman–Crippen LogP) is 0.688. The van der Waals surface area contributed by atoms with Crippen molar-refractivity contribution >= 4 is 34.7 Å². The van der Waals surface area contributed by atoms with Gasteiger partial charge < -0.3 is 12.3 Å². The van der Waals surface area contributed by atoms with E-state index in [0.29, 0.717) is 6.61 Å². The second-order valence-electron chi connectivity index (χ2n) is 1.10. The van der Waals surface area contributed by atoms with Crippen molar-refractivity contribution in [1.82, 2.24) is 0 Å². The van der Waals surface area contributed by atoms with Crippen molar-refractivity contribution in [2.75, 3.05) is 20.8 Å². The first-order valence-corrected chi connectivity index (χ1v) is 2.40. The molecule has 0 amide bonds. The van der Waals surface area contributed by atoms with Crippen molar-refractivity contribution < 1.29 is 12.3 Å². The van der Waals surface area contributed by atoms with E-state index in [2.05, 4.69) is 9.47 Å². The second-order valence-corrected chi connectivity index (χ2v) is 1.59. The standard InChI is InChI=1S/C4H9ClO2.Mg.2H/c1-6-3-4(5)7-2;;;/h4H,3H2,1-2H3;;;/q;+2;2*-1. The van der Waals surface area contributed by atoms with E-state index in [-0.39, 0.29) is 31.5 Å². The average Bonchev–Trinajstić information content (AvgIpc) is 1.68. The molecule has 0 aliphatic rings. The van der Waals surface area contributed by atoms with Crippen LogP contribution >= 0.6 is 11.6 Å². The third-order valence-electron chi connectivity index (χ3n) is 0.553. The van der Waals surface area contributed by atoms with E-state index in [9.17, 15) is 0 Å². The summed E-state index contributed by atoms with van der Waals surface area (Å²) in [5.41, 5.74) is -0.301. The average molecular weight is 151 g/mol. The Morgan fingerprint density at radius 1 is 1.62 bits per heavy atom. The minimum absolute atomic E-state index is 0. The van der Waals surface area contributed by atoms with Gasteiger partial charge in [0.25, 0.3) is 0 Å². The van der Waals surface area contributed by atoms with E-state index in [0.717, 1.165) is 0 Å². The van der Waals surface area contributed by atoms with Gasteiger partial charge in [-0.1, -0.05) is 11.6 Å². The molecule has 1 unspecified atom stereocenters. The smallest absolute Gasteiger partial charge is 1.00 e. The van der Waals surface area contributed by atoms with E-state index < -0.39 is 0 Å². The number of ether oxygens (including phenoxy) is 2. The number of hydrogen-bond acceptors (Lipinski definition) is 2. The van der Waals surface area contributed by atoms with Crippen molar-refractivity contribution in [3.8, 4) is 0 Å². The van der Waals surface area contributed by atoms with E-state index >= 15 is 0 Å². The molecule has 0 aliphatic carbocycles. The van der Waals surface area contributed by atoms with Crippen LogP contribution in [0.2, 0.25) is 0 Å². The molecule has 0 heterocycles. The van der Waals surface area contributed by atoms with Gasteiger partial charge in [0.1, 0.15) is 0 Å². The van der Waals surface area contributed by atoms with Crippen LogP contribution in [0.3, 0.4) is 0 Å². The molecule has 0 fully saturated rings. The van der Waals surface area contributed by atoms with Gasteiger partial charge in [0.2, 0.25) is 0 Å². The topological polar surface area (TPSA) is 18.5 Å². The van der Waals surface area contributed by atoms with Gasteiger partial charge >= 0.3 is 23.1 Å². The molecule has 0 radical (unpaired) electrons. The minimum Gasteiger partial charge on any atom is -1.00 e. The van der Waals surface area contributed by atoms with Gasteiger partial charge in [-0.05, 0) is 0 Å². The summed E-state index contributed by atoms with van der Waals surface area (Å²) in [5, 5.41) is 0. The maximum Gasteiger partial charge on any atom is 2.00 e. The summed E-state index contributed by atoms with van der Waals surface area (Å²) in [6, 6.07) is 0. The first-order valence-electron chi connectivity index (χ1n) is 1.97. The van der Waals surface area contributed by atoms with Crippen LogP contribution in [0, 0.1) is 0 Å². The Morgan fingerprint density at radius 3 is 2.25 bits per heavy atom. The molecule has 0 aliphatic heterocycles. The van der Waals surface area contributed by atoms with E-state index in [1.807, 2.05) is 0 Å². The summed E-state index contributed by atoms with van der Waals surface area (Å²) in [5.74, 6) is 0. The largest absolute Gasteiger partial charge is 2.00 e. The van der Waals surface area contributed by atoms with Crippen molar-refractivity contribution in [3.05, 3.63) is 0 Å². The van der Waals surface area contributed by atoms with Crippen LogP contribution in [0.25, 0.3) is 0 Å². The third-order valence-corrected chi connectivity index (χ3v) is 0.858. The molecule has 0 aromatic heterocycles. The van der Waals surface area contributed by atoms with E-state index in [1.165, 1.54) is 7.11 Å². The molecule has 2 nitrogen and oxygen atoms in total. The van der Waals surface area contributed by atoms with Crippen LogP contribution in [-0.2, 0) is 9.47 Å². The van der Waals surface area contributed by atoms with Crippen molar-refractivity contribution in [1.29, 1.82) is 0 Å². The summed E-state index contributed by atoms with van der Waals surface area (Å²) >= 11 is 5.42. The van der Waals surface area contributed by atoms with Crippen molar-refractivity contribution in [2.24, 2.45) is 0 Å². The zero-order chi connectivity index (χ0) is 5.70. The molecule has 8 heavy (non-hydrogen) atoms.